The van der Waals surface area contributed by atoms with E-state index in [9.17, 15) is 43.9 Å². The quantitative estimate of drug-likeness (QED) is 0.00553. The van der Waals surface area contributed by atoms with E-state index in [0.717, 1.165) is 147 Å². The lowest BCUT2D eigenvalue weighted by Crippen LogP contribution is -2.29. The van der Waals surface area contributed by atoms with Gasteiger partial charge in [0.15, 0.2) is 28.4 Å². The summed E-state index contributed by atoms with van der Waals surface area (Å²) in [6.07, 6.45) is 20.0. The van der Waals surface area contributed by atoms with Crippen molar-refractivity contribution in [1.82, 2.24) is 64.5 Å². The van der Waals surface area contributed by atoms with Gasteiger partial charge in [-0.25, -0.2) is 29.9 Å². The molecule has 7 N–H and O–H groups in total. The molecule has 9 aromatic rings. The molecule has 0 saturated carbocycles. The van der Waals surface area contributed by atoms with Gasteiger partial charge in [-0.15, -0.1) is 0 Å². The zero-order chi connectivity index (χ0) is 108. The lowest BCUT2D eigenvalue weighted by Gasteiger charge is -2.25. The second-order valence-electron chi connectivity index (χ2n) is 33.0. The second kappa shape index (κ2) is 67.2. The van der Waals surface area contributed by atoms with E-state index in [2.05, 4.69) is 123 Å². The molecule has 147 heavy (non-hydrogen) atoms. The van der Waals surface area contributed by atoms with Gasteiger partial charge in [0.25, 0.3) is 5.69 Å². The second-order valence-corrected chi connectivity index (χ2v) is 36.4. The number of nitro benzene ring substituents is 3. The Kier molecular flexibility index (Phi) is 57.0. The summed E-state index contributed by atoms with van der Waals surface area (Å²) in [5.74, 6) is 2.66. The number of halogens is 11. The van der Waals surface area contributed by atoms with Crippen LogP contribution in [-0.2, 0) is 28.5 Å². The van der Waals surface area contributed by atoms with Gasteiger partial charge in [0.1, 0.15) is 48.8 Å². The van der Waals surface area contributed by atoms with Crippen molar-refractivity contribution >= 4 is 208 Å². The Morgan fingerprint density at radius 2 is 0.735 bits per heavy atom. The molecule has 5 aliphatic rings. The van der Waals surface area contributed by atoms with E-state index in [-0.39, 0.29) is 56.2 Å². The number of ether oxygens (including phenoxy) is 9. The van der Waals surface area contributed by atoms with E-state index in [1.165, 1.54) is 97.3 Å². The number of nitrogens with two attached hydrogens (primary N) is 2. The molecule has 0 atom stereocenters. The fourth-order valence-corrected chi connectivity index (χ4v) is 14.9. The van der Waals surface area contributed by atoms with Gasteiger partial charge in [0.05, 0.1) is 140 Å². The summed E-state index contributed by atoms with van der Waals surface area (Å²) < 4.78 is 74.6. The predicted octanol–water partition coefficient (Wildman–Crippen LogP) is 18.5. The highest BCUT2D eigenvalue weighted by Crippen LogP contribution is 2.42. The molecule has 5 aromatic heterocycles. The molecule has 0 unspecified atom stereocenters. The van der Waals surface area contributed by atoms with Crippen LogP contribution in [0.15, 0.2) is 92.2 Å². The van der Waals surface area contributed by atoms with Gasteiger partial charge in [-0.2, -0.15) is 28.7 Å². The number of nitrogens with one attached hydrogen (secondary N) is 3. The standard InChI is InChI=1S/C21H30ClN7O4.C21H32ClN7O2.C16H17ClFN5O4.C9H11Cl2N3O.C7H7FN2O3.C6H15N.C6H12O.C4HCl3N2.C3H3ClO/c1-26(2)7-8-27(3)17-13-19(32-4)16(12-18(17)29(30)31)24-21-23-14-15(22)20(25-21)28-6-5-10-33-11-9-28;1-27(2)7-8-28(3)18-13-19(30-4)17(12-16(18)23)25-21-24-14-15(22)20(26-21)29-6-5-10-31-11-9-29;1-26-14-7-11(18)13(23(24)25)8-12(14)20-16-19-9-10(17)15(21-16)22-3-2-5-27-6-4-22;10-7-6-12-9(11)13-8(7)14-2-1-4-15-5-3-14;1-13-7-2-4(8)6(10(11)12)3-5(7)9;1-4-5-6-7(2)3;1-2-4-6-7-5-3-1;5-2-1-8-4(7)9-3(2)6;1-2-3(4)5/h12-14H,5-11H2,1-4H3,(H,23,24,25);12-14H,5-11,23H2,1-4H3,(H,24,25,26);7-9H,2-6H2,1H3,(H,19,20,21);6H,1-5H2;2-3H,9H2,1H3;4-6H2,1-3H3;1-6H2;1H;2H,1H2. The molecule has 5 aliphatic heterocycles. The van der Waals surface area contributed by atoms with E-state index < -0.39 is 43.0 Å². The third-order valence-electron chi connectivity index (χ3n) is 21.2. The molecule has 5 saturated heterocycles. The largest absolute Gasteiger partial charge is 0.494 e. The number of rotatable bonds is 29. The van der Waals surface area contributed by atoms with Gasteiger partial charge in [-0.3, -0.25) is 35.1 Å². The first-order valence-electron chi connectivity index (χ1n) is 46.4. The molecular weight excluding hydrogens is 2110 g/mol. The topological polar surface area (TPSA) is 476 Å². The monoisotopic (exact) mass is 2230 g/mol. The first-order chi connectivity index (χ1) is 70.2. The number of nitrogen functional groups attached to an aromatic ring is 2. The molecule has 4 aromatic carbocycles. The Morgan fingerprint density at radius 1 is 0.415 bits per heavy atom. The number of carbonyl (C=O) groups excluding carboxylic acids is 1. The average molecular weight is 2240 g/mol. The molecule has 0 spiro atoms. The molecule has 54 heteroatoms. The number of methoxy groups -OCH3 is 4. The minimum atomic E-state index is -0.996. The molecule has 0 amide bonds. The first-order valence-corrected chi connectivity index (χ1v) is 49.8. The zero-order valence-electron chi connectivity index (χ0n) is 84.3. The maximum Gasteiger partial charge on any atom is 0.307 e. The summed E-state index contributed by atoms with van der Waals surface area (Å²) in [6, 6.07) is 10.6. The van der Waals surface area contributed by atoms with Gasteiger partial charge in [0.2, 0.25) is 45.3 Å². The minimum absolute atomic E-state index is 0.0376. The SMILES string of the molecule is C1CCCOCC1.C=CC(=O)Cl.CCCCN(C)C.COc1cc(F)c([N+](=O)[O-])cc1N.COc1cc(F)c([N+](=O)[O-])cc1Nc1ncc(Cl)c(N2CCCOCC2)n1.COc1cc(N(C)CCN(C)C)c(N)cc1Nc1ncc(Cl)c(N2CCCOCC2)n1.COc1cc(N(C)CCN(C)C)c([N+](=O)[O-])cc1Nc1ncc(Cl)c(N2CCCOCC2)n1.Clc1ncc(Cl)c(Cl)n1.Clc1ncc(Cl)c(N2CCCOCC2)n1. The fraction of sp³-hybridized carbons (Fsp3) is 0.495. The molecule has 14 rings (SSSR count). The van der Waals surface area contributed by atoms with Crippen molar-refractivity contribution in [3.8, 4) is 23.0 Å². The number of hydrogen-bond donors (Lipinski definition) is 5. The number of carbonyl (C=O) groups is 1. The van der Waals surface area contributed by atoms with Crippen LogP contribution in [0.1, 0.15) is 71.1 Å². The Hall–Kier alpha value is -11.0. The Balaban J connectivity index is 0.000000269. The van der Waals surface area contributed by atoms with Crippen LogP contribution in [0, 0.1) is 42.0 Å². The number of anilines is 14. The molecule has 10 heterocycles. The van der Waals surface area contributed by atoms with Crippen molar-refractivity contribution in [2.45, 2.75) is 71.1 Å². The van der Waals surface area contributed by atoms with Crippen molar-refractivity contribution in [3.05, 3.63) is 175 Å². The van der Waals surface area contributed by atoms with Crippen LogP contribution < -0.4 is 75.8 Å². The first kappa shape index (κ1) is 125. The highest BCUT2D eigenvalue weighted by Gasteiger charge is 2.28. The van der Waals surface area contributed by atoms with Crippen molar-refractivity contribution in [2.24, 2.45) is 0 Å². The zero-order valence-corrected chi connectivity index (χ0v) is 91.1. The fourth-order valence-electron chi connectivity index (χ4n) is 13.6. The van der Waals surface area contributed by atoms with E-state index in [1.54, 1.807) is 19.4 Å². The van der Waals surface area contributed by atoms with E-state index in [4.69, 9.17) is 154 Å². The summed E-state index contributed by atoms with van der Waals surface area (Å²) in [7, 11) is 21.8. The third-order valence-corrected chi connectivity index (χ3v) is 23.5. The Morgan fingerprint density at radius 3 is 1.09 bits per heavy atom. The molecule has 0 radical (unpaired) electrons. The number of allylic oxidation sites excluding steroid dienone is 1. The molecule has 5 fully saturated rings. The minimum Gasteiger partial charge on any atom is -0.494 e. The lowest BCUT2D eigenvalue weighted by atomic mass is 10.2. The van der Waals surface area contributed by atoms with Crippen molar-refractivity contribution in [2.75, 3.05) is 293 Å². The van der Waals surface area contributed by atoms with Crippen LogP contribution in [0.3, 0.4) is 0 Å². The van der Waals surface area contributed by atoms with Gasteiger partial charge in [0, 0.05) is 175 Å². The Bertz CT molecular complexity index is 5580. The number of hydrogen-bond acceptors (Lipinski definition) is 40. The van der Waals surface area contributed by atoms with Crippen LogP contribution in [0.4, 0.5) is 107 Å². The number of aromatic nitrogens is 10. The summed E-state index contributed by atoms with van der Waals surface area (Å²) in [4.78, 5) is 100. The molecule has 0 bridgehead atoms. The molecule has 0 aliphatic carbocycles. The third kappa shape index (κ3) is 44.0. The molecule has 808 valence electrons. The van der Waals surface area contributed by atoms with Gasteiger partial charge >= 0.3 is 11.4 Å². The molecular formula is C93H128Cl9F2N27O16. The van der Waals surface area contributed by atoms with Crippen molar-refractivity contribution in [3.63, 3.8) is 0 Å². The van der Waals surface area contributed by atoms with Crippen molar-refractivity contribution < 1.29 is 71.0 Å². The summed E-state index contributed by atoms with van der Waals surface area (Å²) >= 11 is 51.7. The average Bonchev–Trinajstić information content (AvgIpc) is 1.25. The smallest absolute Gasteiger partial charge is 0.307 e. The molecule has 43 nitrogen and oxygen atoms in total. The lowest BCUT2D eigenvalue weighted by molar-refractivity contribution is -0.387. The van der Waals surface area contributed by atoms with Gasteiger partial charge < -0.3 is 114 Å². The number of benzene rings is 4. The normalized spacial score (nSPS) is 14.0. The van der Waals surface area contributed by atoms with Crippen LogP contribution in [0.5, 0.6) is 23.0 Å². The Labute approximate surface area is 899 Å². The number of nitrogens with zero attached hydrogens (tertiary/aromatic N) is 22. The van der Waals surface area contributed by atoms with Crippen LogP contribution in [0.2, 0.25) is 40.8 Å². The maximum atomic E-state index is 13.8. The predicted molar refractivity (Wildman–Crippen MR) is 579 cm³/mol. The van der Waals surface area contributed by atoms with Gasteiger partial charge in [-0.1, -0.05) is 102 Å². The van der Waals surface area contributed by atoms with Gasteiger partial charge in [-0.05, 0) is 141 Å². The highest BCUT2D eigenvalue weighted by molar-refractivity contribution is 6.66. The van der Waals surface area contributed by atoms with E-state index in [0.29, 0.717) is 148 Å². The number of likely N-dealkylation sites (N-methyl/N-ethyl adjacent to an activating group) is 4. The summed E-state index contributed by atoms with van der Waals surface area (Å²) in [5, 5.41) is 44.3. The maximum absolute atomic E-state index is 13.8. The van der Waals surface area contributed by atoms with E-state index in [1.807, 2.05) is 74.0 Å². The summed E-state index contributed by atoms with van der Waals surface area (Å²) in [6.45, 7) is 23.0. The van der Waals surface area contributed by atoms with E-state index >= 15 is 0 Å². The van der Waals surface area contributed by atoms with Crippen LogP contribution >= 0.6 is 104 Å². The summed E-state index contributed by atoms with van der Waals surface area (Å²) in [5.41, 5.74) is 13.6. The van der Waals surface area contributed by atoms with Crippen molar-refractivity contribution in [1.29, 1.82) is 0 Å². The van der Waals surface area contributed by atoms with Crippen LogP contribution in [0.25, 0.3) is 0 Å². The highest BCUT2D eigenvalue weighted by atomic mass is 35.5. The number of nitro groups is 3. The van der Waals surface area contributed by atoms with Crippen LogP contribution in [-0.4, -0.2) is 321 Å². The number of unbranched alkanes of at least 4 members (excludes halogenated alkanes) is 1.